The van der Waals surface area contributed by atoms with Gasteiger partial charge < -0.3 is 15.0 Å². The van der Waals surface area contributed by atoms with Crippen LogP contribution in [-0.4, -0.2) is 74.2 Å². The van der Waals surface area contributed by atoms with Crippen LogP contribution in [0.1, 0.15) is 35.3 Å². The van der Waals surface area contributed by atoms with E-state index in [2.05, 4.69) is 49.9 Å². The number of piperazine rings is 1. The quantitative estimate of drug-likeness (QED) is 0.0451. The Kier molecular flexibility index (Phi) is 13.0. The van der Waals surface area contributed by atoms with Crippen LogP contribution in [0.15, 0.2) is 119 Å². The largest absolute Gasteiger partial charge is 0.492 e. The Balaban J connectivity index is 1.01. The number of nitro groups is 1. The first-order chi connectivity index (χ1) is 26.6. The Morgan fingerprint density at radius 1 is 0.891 bits per heavy atom. The van der Waals surface area contributed by atoms with Gasteiger partial charge in [0.1, 0.15) is 11.4 Å². The molecule has 12 nitrogen and oxygen atoms in total. The minimum absolute atomic E-state index is 0.158. The molecular weight excluding hydrogens is 737 g/mol. The van der Waals surface area contributed by atoms with Crippen molar-refractivity contribution in [1.82, 2.24) is 14.6 Å². The van der Waals surface area contributed by atoms with E-state index in [0.29, 0.717) is 18.9 Å². The summed E-state index contributed by atoms with van der Waals surface area (Å²) in [5.41, 5.74) is 5.63. The number of carbonyl (C=O) groups is 1. The molecule has 0 spiro atoms. The van der Waals surface area contributed by atoms with Gasteiger partial charge >= 0.3 is 0 Å². The van der Waals surface area contributed by atoms with E-state index in [1.807, 2.05) is 61.7 Å². The normalized spacial score (nSPS) is 13.3. The Labute approximate surface area is 326 Å². The molecule has 2 heterocycles. The van der Waals surface area contributed by atoms with Crippen LogP contribution in [0.25, 0.3) is 11.1 Å². The van der Waals surface area contributed by atoms with Crippen LogP contribution < -0.4 is 19.7 Å². The molecule has 55 heavy (non-hydrogen) atoms. The van der Waals surface area contributed by atoms with Crippen molar-refractivity contribution >= 4 is 44.8 Å². The van der Waals surface area contributed by atoms with Crippen molar-refractivity contribution < 1.29 is 22.9 Å². The third-order valence-corrected chi connectivity index (χ3v) is 11.7. The Hall–Kier alpha value is -5.44. The van der Waals surface area contributed by atoms with Gasteiger partial charge in [-0.2, -0.15) is 0 Å². The maximum absolute atomic E-state index is 13.2. The fourth-order valence-electron chi connectivity index (χ4n) is 6.43. The lowest BCUT2D eigenvalue weighted by molar-refractivity contribution is -0.384. The van der Waals surface area contributed by atoms with Crippen molar-refractivity contribution in [3.8, 4) is 16.9 Å². The standard InChI is InChI=1S/C41H44N6O6S2/c1-3-30-24-32(34-25-36(53-4-2)28-42-27-34)10-11-33(30)29-45-19-21-46(22-20-45)35-14-12-31(13-15-35)41(48)44-55(51,52)38-16-17-39(40(26-38)47(49)50)43-18-23-54-37-8-6-5-7-9-37/h5-17,24-28,43H,3-4,18-23,29H2,1-2H3,(H,44,48). The van der Waals surface area contributed by atoms with Crippen molar-refractivity contribution in [3.63, 3.8) is 0 Å². The predicted octanol–water partition coefficient (Wildman–Crippen LogP) is 7.26. The lowest BCUT2D eigenvalue weighted by Crippen LogP contribution is -2.46. The zero-order valence-corrected chi connectivity index (χ0v) is 32.4. The van der Waals surface area contributed by atoms with Gasteiger partial charge in [-0.15, -0.1) is 11.8 Å². The molecule has 5 aromatic rings. The molecule has 286 valence electrons. The molecule has 1 aromatic heterocycles. The summed E-state index contributed by atoms with van der Waals surface area (Å²) in [6, 6.07) is 28.7. The van der Waals surface area contributed by atoms with E-state index in [4.69, 9.17) is 4.74 Å². The highest BCUT2D eigenvalue weighted by atomic mass is 32.2. The molecule has 0 saturated carbocycles. The number of sulfonamides is 1. The topological polar surface area (TPSA) is 147 Å². The summed E-state index contributed by atoms with van der Waals surface area (Å²) < 4.78 is 34.0. The van der Waals surface area contributed by atoms with Gasteiger partial charge in [-0.3, -0.25) is 24.8 Å². The van der Waals surface area contributed by atoms with Gasteiger partial charge in [0.2, 0.25) is 0 Å². The van der Waals surface area contributed by atoms with E-state index in [1.54, 1.807) is 30.1 Å². The first kappa shape index (κ1) is 39.3. The SMILES string of the molecule is CCOc1cncc(-c2ccc(CN3CCN(c4ccc(C(=O)NS(=O)(=O)c5ccc(NCCSc6ccccc6)c([N+](=O)[O-])c5)cc4)CC3)c(CC)c2)c1. The third-order valence-electron chi connectivity index (χ3n) is 9.34. The molecule has 6 rings (SSSR count). The van der Waals surface area contributed by atoms with E-state index < -0.39 is 26.5 Å². The van der Waals surface area contributed by atoms with Crippen LogP contribution >= 0.6 is 11.8 Å². The molecule has 2 N–H and O–H groups in total. The highest BCUT2D eigenvalue weighted by Crippen LogP contribution is 2.29. The highest BCUT2D eigenvalue weighted by Gasteiger charge is 2.24. The Morgan fingerprint density at radius 3 is 2.36 bits per heavy atom. The van der Waals surface area contributed by atoms with Gasteiger partial charge in [0.15, 0.2) is 0 Å². The maximum Gasteiger partial charge on any atom is 0.293 e. The van der Waals surface area contributed by atoms with Crippen LogP contribution in [0.3, 0.4) is 0 Å². The van der Waals surface area contributed by atoms with Crippen LogP contribution in [0.4, 0.5) is 17.1 Å². The number of thioether (sulfide) groups is 1. The minimum atomic E-state index is -4.39. The number of ether oxygens (including phenoxy) is 1. The number of hydrogen-bond acceptors (Lipinski definition) is 11. The van der Waals surface area contributed by atoms with Crippen LogP contribution in [0.5, 0.6) is 5.75 Å². The Bertz CT molecular complexity index is 2210. The molecule has 0 aliphatic carbocycles. The number of nitrogens with one attached hydrogen (secondary N) is 2. The van der Waals surface area contributed by atoms with Crippen LogP contribution in [0.2, 0.25) is 0 Å². The number of anilines is 2. The molecule has 14 heteroatoms. The fourth-order valence-corrected chi connectivity index (χ4v) is 8.21. The molecule has 1 aliphatic heterocycles. The van der Waals surface area contributed by atoms with Gasteiger partial charge in [0.25, 0.3) is 21.6 Å². The summed E-state index contributed by atoms with van der Waals surface area (Å²) in [7, 11) is -4.39. The first-order valence-corrected chi connectivity index (χ1v) is 20.6. The second kappa shape index (κ2) is 18.3. The highest BCUT2D eigenvalue weighted by molar-refractivity contribution is 7.99. The number of pyridine rings is 1. The fraction of sp³-hybridized carbons (Fsp3) is 0.268. The number of amides is 1. The molecule has 1 saturated heterocycles. The van der Waals surface area contributed by atoms with Gasteiger partial charge in [0.05, 0.1) is 22.6 Å². The average molecular weight is 781 g/mol. The monoisotopic (exact) mass is 780 g/mol. The van der Waals surface area contributed by atoms with E-state index in [0.717, 1.165) is 72.7 Å². The molecule has 1 amide bonds. The predicted molar refractivity (Wildman–Crippen MR) is 218 cm³/mol. The summed E-state index contributed by atoms with van der Waals surface area (Å²) in [6.07, 6.45) is 4.51. The van der Waals surface area contributed by atoms with E-state index in [1.165, 1.54) is 23.3 Å². The molecule has 0 unspecified atom stereocenters. The molecule has 1 fully saturated rings. The molecule has 0 radical (unpaired) electrons. The number of nitro benzene ring substituents is 1. The Morgan fingerprint density at radius 2 is 1.65 bits per heavy atom. The van der Waals surface area contributed by atoms with Crippen molar-refractivity contribution in [1.29, 1.82) is 0 Å². The number of aryl methyl sites for hydroxylation is 1. The first-order valence-electron chi connectivity index (χ1n) is 18.2. The molecule has 0 bridgehead atoms. The average Bonchev–Trinajstić information content (AvgIpc) is 3.20. The molecule has 0 atom stereocenters. The summed E-state index contributed by atoms with van der Waals surface area (Å²) in [4.78, 5) is 34.0. The summed E-state index contributed by atoms with van der Waals surface area (Å²) in [6.45, 7) is 9.30. The smallest absolute Gasteiger partial charge is 0.293 e. The number of carbonyl (C=O) groups excluding carboxylic acids is 1. The number of nitrogens with zero attached hydrogens (tertiary/aromatic N) is 4. The van der Waals surface area contributed by atoms with Crippen molar-refractivity contribution in [2.24, 2.45) is 0 Å². The number of hydrogen-bond donors (Lipinski definition) is 2. The van der Waals surface area contributed by atoms with Crippen molar-refractivity contribution in [3.05, 3.63) is 136 Å². The van der Waals surface area contributed by atoms with Crippen molar-refractivity contribution in [2.45, 2.75) is 36.6 Å². The maximum atomic E-state index is 13.2. The van der Waals surface area contributed by atoms with E-state index in [9.17, 15) is 23.3 Å². The molecule has 4 aromatic carbocycles. The second-order valence-electron chi connectivity index (χ2n) is 12.9. The van der Waals surface area contributed by atoms with Gasteiger partial charge in [0, 0.05) is 79.0 Å². The molecular formula is C41H44N6O6S2. The number of rotatable bonds is 16. The third kappa shape index (κ3) is 10.2. The van der Waals surface area contributed by atoms with Crippen LogP contribution in [0, 0.1) is 10.1 Å². The zero-order valence-electron chi connectivity index (χ0n) is 30.8. The van der Waals surface area contributed by atoms with Crippen molar-refractivity contribution in [2.75, 3.05) is 55.3 Å². The summed E-state index contributed by atoms with van der Waals surface area (Å²) >= 11 is 1.59. The lowest BCUT2D eigenvalue weighted by atomic mass is 9.98. The van der Waals surface area contributed by atoms with Gasteiger partial charge in [-0.05, 0) is 84.6 Å². The minimum Gasteiger partial charge on any atom is -0.492 e. The van der Waals surface area contributed by atoms with E-state index in [-0.39, 0.29) is 16.1 Å². The van der Waals surface area contributed by atoms with E-state index >= 15 is 0 Å². The van der Waals surface area contributed by atoms with Crippen LogP contribution in [-0.2, 0) is 23.0 Å². The van der Waals surface area contributed by atoms with Gasteiger partial charge in [-0.25, -0.2) is 13.1 Å². The summed E-state index contributed by atoms with van der Waals surface area (Å²) in [5, 5.41) is 14.8. The lowest BCUT2D eigenvalue weighted by Gasteiger charge is -2.36. The van der Waals surface area contributed by atoms with Gasteiger partial charge in [-0.1, -0.05) is 43.3 Å². The zero-order chi connectivity index (χ0) is 38.8. The number of benzene rings is 4. The summed E-state index contributed by atoms with van der Waals surface area (Å²) in [5.74, 6) is 0.582. The number of aromatic nitrogens is 1. The second-order valence-corrected chi connectivity index (χ2v) is 15.8. The molecule has 1 aliphatic rings.